The van der Waals surface area contributed by atoms with Crippen molar-refractivity contribution in [2.45, 2.75) is 45.2 Å². The van der Waals surface area contributed by atoms with Crippen LogP contribution in [0.2, 0.25) is 0 Å². The second-order valence-electron chi connectivity index (χ2n) is 5.70. The van der Waals surface area contributed by atoms with Gasteiger partial charge in [0.05, 0.1) is 22.9 Å². The summed E-state index contributed by atoms with van der Waals surface area (Å²) < 4.78 is 2.11. The van der Waals surface area contributed by atoms with Crippen LogP contribution in [0.15, 0.2) is 30.6 Å². The number of imidazole rings is 1. The molecule has 5 nitrogen and oxygen atoms in total. The molecule has 0 aliphatic carbocycles. The van der Waals surface area contributed by atoms with E-state index < -0.39 is 5.54 Å². The van der Waals surface area contributed by atoms with Gasteiger partial charge in [0.25, 0.3) is 0 Å². The molecule has 22 heavy (non-hydrogen) atoms. The van der Waals surface area contributed by atoms with Crippen molar-refractivity contribution < 1.29 is 4.79 Å². The van der Waals surface area contributed by atoms with Crippen molar-refractivity contribution in [1.82, 2.24) is 14.9 Å². The molecule has 6 heteroatoms. The fraction of sp³-hybridized carbons (Fsp3) is 0.500. The Balaban J connectivity index is 0.00000242. The highest BCUT2D eigenvalue weighted by Gasteiger charge is 2.26. The molecule has 0 saturated heterocycles. The zero-order valence-corrected chi connectivity index (χ0v) is 14.0. The molecule has 0 aliphatic rings. The molecule has 1 amide bonds. The third kappa shape index (κ3) is 4.45. The van der Waals surface area contributed by atoms with Gasteiger partial charge < -0.3 is 15.6 Å². The summed E-state index contributed by atoms with van der Waals surface area (Å²) in [4.78, 5) is 16.3. The first-order chi connectivity index (χ1) is 10.0. The van der Waals surface area contributed by atoms with Crippen LogP contribution in [0.5, 0.6) is 0 Å². The maximum absolute atomic E-state index is 12.0. The summed E-state index contributed by atoms with van der Waals surface area (Å²) in [5.41, 5.74) is 7.35. The minimum absolute atomic E-state index is 0. The first-order valence-corrected chi connectivity index (χ1v) is 7.51. The van der Waals surface area contributed by atoms with Gasteiger partial charge in [0.1, 0.15) is 0 Å². The first kappa shape index (κ1) is 18.5. The Morgan fingerprint density at radius 1 is 1.41 bits per heavy atom. The van der Waals surface area contributed by atoms with Crippen molar-refractivity contribution in [3.05, 3.63) is 30.6 Å². The quantitative estimate of drug-likeness (QED) is 0.768. The summed E-state index contributed by atoms with van der Waals surface area (Å²) in [5.74, 6) is -0.0696. The van der Waals surface area contributed by atoms with Gasteiger partial charge in [0, 0.05) is 13.1 Å². The van der Waals surface area contributed by atoms with Crippen LogP contribution < -0.4 is 11.1 Å². The Bertz CT molecular complexity index is 609. The zero-order valence-electron chi connectivity index (χ0n) is 13.2. The summed E-state index contributed by atoms with van der Waals surface area (Å²) in [6.45, 7) is 5.27. The van der Waals surface area contributed by atoms with Crippen molar-refractivity contribution in [2.75, 3.05) is 6.54 Å². The van der Waals surface area contributed by atoms with Crippen LogP contribution in [-0.4, -0.2) is 27.5 Å². The van der Waals surface area contributed by atoms with Gasteiger partial charge in [-0.3, -0.25) is 4.79 Å². The Labute approximate surface area is 137 Å². The fourth-order valence-corrected chi connectivity index (χ4v) is 2.47. The summed E-state index contributed by atoms with van der Waals surface area (Å²) in [6, 6.07) is 8.04. The van der Waals surface area contributed by atoms with Crippen molar-refractivity contribution in [3.63, 3.8) is 0 Å². The van der Waals surface area contributed by atoms with E-state index in [-0.39, 0.29) is 18.3 Å². The number of hydrogen-bond acceptors (Lipinski definition) is 3. The van der Waals surface area contributed by atoms with Gasteiger partial charge in [-0.05, 0) is 31.9 Å². The summed E-state index contributed by atoms with van der Waals surface area (Å²) >= 11 is 0. The maximum atomic E-state index is 12.0. The molecule has 0 fully saturated rings. The molecular weight excluding hydrogens is 300 g/mol. The number of carbonyl (C=O) groups is 1. The number of hydrogen-bond donors (Lipinski definition) is 2. The van der Waals surface area contributed by atoms with Crippen LogP contribution in [-0.2, 0) is 11.3 Å². The number of amides is 1. The van der Waals surface area contributed by atoms with Gasteiger partial charge in [-0.25, -0.2) is 4.98 Å². The van der Waals surface area contributed by atoms with E-state index in [2.05, 4.69) is 20.9 Å². The standard InChI is InChI=1S/C16H24N4O.ClH/c1-3-9-16(2,17)15(21)18-10-6-11-20-12-19-13-7-4-5-8-14(13)20;/h4-5,7-8,12H,3,6,9-11,17H2,1-2H3,(H,18,21);1H. The molecule has 0 spiro atoms. The third-order valence-corrected chi connectivity index (χ3v) is 3.68. The minimum atomic E-state index is -0.767. The molecule has 3 N–H and O–H groups in total. The average molecular weight is 325 g/mol. The number of halogens is 1. The highest BCUT2D eigenvalue weighted by Crippen LogP contribution is 2.12. The SMILES string of the molecule is CCCC(C)(N)C(=O)NCCCn1cnc2ccccc21.Cl. The van der Waals surface area contributed by atoms with Crippen LogP contribution >= 0.6 is 12.4 Å². The Hall–Kier alpha value is -1.59. The molecule has 2 aromatic rings. The van der Waals surface area contributed by atoms with Crippen molar-refractivity contribution in [3.8, 4) is 0 Å². The molecule has 1 aromatic carbocycles. The number of aryl methyl sites for hydroxylation is 1. The molecule has 1 aromatic heterocycles. The van der Waals surface area contributed by atoms with Crippen LogP contribution in [0, 0.1) is 0 Å². The number of benzene rings is 1. The number of nitrogens with two attached hydrogens (primary N) is 1. The lowest BCUT2D eigenvalue weighted by atomic mass is 9.96. The van der Waals surface area contributed by atoms with E-state index in [9.17, 15) is 4.79 Å². The lowest BCUT2D eigenvalue weighted by Gasteiger charge is -2.22. The number of rotatable bonds is 7. The van der Waals surface area contributed by atoms with E-state index in [1.165, 1.54) is 0 Å². The molecular formula is C16H25ClN4O. The van der Waals surface area contributed by atoms with E-state index in [4.69, 9.17) is 5.73 Å². The lowest BCUT2D eigenvalue weighted by Crippen LogP contribution is -2.51. The van der Waals surface area contributed by atoms with Crippen molar-refractivity contribution >= 4 is 29.3 Å². The van der Waals surface area contributed by atoms with Crippen LogP contribution in [0.4, 0.5) is 0 Å². The molecule has 0 radical (unpaired) electrons. The molecule has 0 saturated carbocycles. The Morgan fingerprint density at radius 2 is 2.14 bits per heavy atom. The fourth-order valence-electron chi connectivity index (χ4n) is 2.47. The predicted octanol–water partition coefficient (Wildman–Crippen LogP) is 2.48. The molecule has 1 unspecified atom stereocenters. The van der Waals surface area contributed by atoms with Crippen LogP contribution in [0.3, 0.4) is 0 Å². The molecule has 2 rings (SSSR count). The van der Waals surface area contributed by atoms with Crippen molar-refractivity contribution in [1.29, 1.82) is 0 Å². The number of fused-ring (bicyclic) bond motifs is 1. The Morgan fingerprint density at radius 3 is 2.86 bits per heavy atom. The van der Waals surface area contributed by atoms with Crippen molar-refractivity contribution in [2.24, 2.45) is 5.73 Å². The lowest BCUT2D eigenvalue weighted by molar-refractivity contribution is -0.126. The highest BCUT2D eigenvalue weighted by atomic mass is 35.5. The summed E-state index contributed by atoms with van der Waals surface area (Å²) in [7, 11) is 0. The topological polar surface area (TPSA) is 72.9 Å². The van der Waals surface area contributed by atoms with E-state index in [0.29, 0.717) is 13.0 Å². The smallest absolute Gasteiger partial charge is 0.239 e. The normalized spacial score (nSPS) is 13.4. The van der Waals surface area contributed by atoms with Gasteiger partial charge >= 0.3 is 0 Å². The van der Waals surface area contributed by atoms with Crippen LogP contribution in [0.25, 0.3) is 11.0 Å². The highest BCUT2D eigenvalue weighted by molar-refractivity contribution is 5.85. The first-order valence-electron chi connectivity index (χ1n) is 7.51. The molecule has 0 bridgehead atoms. The second kappa shape index (κ2) is 8.15. The number of para-hydroxylation sites is 2. The summed E-state index contributed by atoms with van der Waals surface area (Å²) in [5, 5.41) is 2.92. The van der Waals surface area contributed by atoms with Gasteiger partial charge in [-0.1, -0.05) is 25.5 Å². The number of nitrogens with zero attached hydrogens (tertiary/aromatic N) is 2. The third-order valence-electron chi connectivity index (χ3n) is 3.68. The van der Waals surface area contributed by atoms with Gasteiger partial charge in [-0.2, -0.15) is 0 Å². The predicted molar refractivity (Wildman–Crippen MR) is 92.1 cm³/mol. The second-order valence-corrected chi connectivity index (χ2v) is 5.70. The molecule has 1 heterocycles. The van der Waals surface area contributed by atoms with E-state index >= 15 is 0 Å². The van der Waals surface area contributed by atoms with Crippen LogP contribution in [0.1, 0.15) is 33.1 Å². The minimum Gasteiger partial charge on any atom is -0.354 e. The maximum Gasteiger partial charge on any atom is 0.239 e. The number of nitrogens with one attached hydrogen (secondary N) is 1. The van der Waals surface area contributed by atoms with E-state index in [0.717, 1.165) is 30.4 Å². The monoisotopic (exact) mass is 324 g/mol. The van der Waals surface area contributed by atoms with E-state index in [1.54, 1.807) is 6.92 Å². The zero-order chi connectivity index (χ0) is 15.3. The molecule has 0 aliphatic heterocycles. The summed E-state index contributed by atoms with van der Waals surface area (Å²) in [6.07, 6.45) is 4.30. The van der Waals surface area contributed by atoms with E-state index in [1.807, 2.05) is 31.5 Å². The Kier molecular flexibility index (Phi) is 6.84. The van der Waals surface area contributed by atoms with Gasteiger partial charge in [0.2, 0.25) is 5.91 Å². The number of carbonyl (C=O) groups excluding carboxylic acids is 1. The number of aromatic nitrogens is 2. The molecule has 122 valence electrons. The average Bonchev–Trinajstić information content (AvgIpc) is 2.86. The largest absolute Gasteiger partial charge is 0.354 e. The van der Waals surface area contributed by atoms with Gasteiger partial charge in [0.15, 0.2) is 0 Å². The van der Waals surface area contributed by atoms with Gasteiger partial charge in [-0.15, -0.1) is 12.4 Å². The molecule has 1 atom stereocenters.